The molecule has 1 heterocycles. The molecule has 3 heteroatoms. The van der Waals surface area contributed by atoms with Crippen LogP contribution in [0.5, 0.6) is 0 Å². The van der Waals surface area contributed by atoms with Gasteiger partial charge in [-0.25, -0.2) is 0 Å². The molecule has 1 saturated heterocycles. The van der Waals surface area contributed by atoms with Gasteiger partial charge in [-0.05, 0) is 13.8 Å². The zero-order valence-corrected chi connectivity index (χ0v) is 8.13. The topological polar surface area (TPSA) is 24.5 Å². The molecule has 0 aliphatic carbocycles. The molecule has 2 atom stereocenters. The van der Waals surface area contributed by atoms with Gasteiger partial charge in [-0.1, -0.05) is 6.58 Å². The molecule has 0 spiro atoms. The SMILES string of the molecule is C=C(NC)N1[C@H](C)COC[C@@H]1C. The van der Waals surface area contributed by atoms with Crippen molar-refractivity contribution >= 4 is 0 Å². The average molecular weight is 170 g/mol. The molecule has 1 N–H and O–H groups in total. The number of rotatable bonds is 2. The highest BCUT2D eigenvalue weighted by Gasteiger charge is 2.25. The monoisotopic (exact) mass is 170 g/mol. The molecule has 0 radical (unpaired) electrons. The molecule has 1 fully saturated rings. The Kier molecular flexibility index (Phi) is 2.98. The van der Waals surface area contributed by atoms with Gasteiger partial charge in [-0.3, -0.25) is 0 Å². The van der Waals surface area contributed by atoms with E-state index in [0.717, 1.165) is 19.0 Å². The van der Waals surface area contributed by atoms with Gasteiger partial charge in [0.05, 0.1) is 31.1 Å². The van der Waals surface area contributed by atoms with E-state index >= 15 is 0 Å². The Hall–Kier alpha value is -0.700. The van der Waals surface area contributed by atoms with Crippen LogP contribution >= 0.6 is 0 Å². The van der Waals surface area contributed by atoms with E-state index in [-0.39, 0.29) is 0 Å². The van der Waals surface area contributed by atoms with Crippen LogP contribution in [0, 0.1) is 0 Å². The predicted octanol–water partition coefficient (Wildman–Crippen LogP) is 0.786. The third kappa shape index (κ3) is 1.72. The lowest BCUT2D eigenvalue weighted by molar-refractivity contribution is -0.0210. The fourth-order valence-electron chi connectivity index (χ4n) is 1.67. The number of nitrogens with zero attached hydrogens (tertiary/aromatic N) is 1. The zero-order chi connectivity index (χ0) is 9.14. The quantitative estimate of drug-likeness (QED) is 0.663. The lowest BCUT2D eigenvalue weighted by atomic mass is 10.2. The third-order valence-corrected chi connectivity index (χ3v) is 2.27. The smallest absolute Gasteiger partial charge is 0.0942 e. The van der Waals surface area contributed by atoms with Gasteiger partial charge in [0.25, 0.3) is 0 Å². The van der Waals surface area contributed by atoms with Crippen molar-refractivity contribution in [2.75, 3.05) is 20.3 Å². The number of hydrogen-bond donors (Lipinski definition) is 1. The van der Waals surface area contributed by atoms with Crippen LogP contribution in [0.3, 0.4) is 0 Å². The first-order chi connectivity index (χ1) is 5.66. The molecular formula is C9H18N2O. The van der Waals surface area contributed by atoms with Gasteiger partial charge in [0.15, 0.2) is 0 Å². The van der Waals surface area contributed by atoms with Crippen molar-refractivity contribution in [3.8, 4) is 0 Å². The van der Waals surface area contributed by atoms with Gasteiger partial charge in [0.2, 0.25) is 0 Å². The second-order valence-electron chi connectivity index (χ2n) is 3.34. The molecule has 3 nitrogen and oxygen atoms in total. The van der Waals surface area contributed by atoms with Gasteiger partial charge >= 0.3 is 0 Å². The standard InChI is InChI=1S/C9H18N2O/c1-7-5-12-6-8(2)11(7)9(3)10-4/h7-8,10H,3,5-6H2,1-2,4H3/t7-,8+. The van der Waals surface area contributed by atoms with Crippen molar-refractivity contribution in [3.05, 3.63) is 12.4 Å². The van der Waals surface area contributed by atoms with Crippen LogP contribution in [-0.4, -0.2) is 37.2 Å². The second-order valence-corrected chi connectivity index (χ2v) is 3.34. The van der Waals surface area contributed by atoms with E-state index in [2.05, 4.69) is 30.6 Å². The number of morpholine rings is 1. The largest absolute Gasteiger partial charge is 0.377 e. The van der Waals surface area contributed by atoms with Gasteiger partial charge in [-0.15, -0.1) is 0 Å². The summed E-state index contributed by atoms with van der Waals surface area (Å²) in [6, 6.07) is 0.849. The van der Waals surface area contributed by atoms with Crippen LogP contribution in [0.2, 0.25) is 0 Å². The maximum Gasteiger partial charge on any atom is 0.0942 e. The molecule has 1 aliphatic heterocycles. The Bertz CT molecular complexity index is 160. The van der Waals surface area contributed by atoms with E-state index < -0.39 is 0 Å². The minimum Gasteiger partial charge on any atom is -0.377 e. The molecule has 0 unspecified atom stereocenters. The summed E-state index contributed by atoms with van der Waals surface area (Å²) >= 11 is 0. The van der Waals surface area contributed by atoms with Crippen molar-refractivity contribution in [2.24, 2.45) is 0 Å². The second kappa shape index (κ2) is 3.81. The highest BCUT2D eigenvalue weighted by Crippen LogP contribution is 2.16. The molecule has 0 amide bonds. The van der Waals surface area contributed by atoms with Crippen LogP contribution in [-0.2, 0) is 4.74 Å². The summed E-state index contributed by atoms with van der Waals surface area (Å²) in [6.07, 6.45) is 0. The summed E-state index contributed by atoms with van der Waals surface area (Å²) in [5, 5.41) is 3.07. The molecule has 12 heavy (non-hydrogen) atoms. The van der Waals surface area contributed by atoms with E-state index in [1.165, 1.54) is 0 Å². The lowest BCUT2D eigenvalue weighted by Crippen LogP contribution is -2.50. The van der Waals surface area contributed by atoms with Crippen molar-refractivity contribution in [2.45, 2.75) is 25.9 Å². The molecule has 1 aliphatic rings. The first-order valence-corrected chi connectivity index (χ1v) is 4.39. The first kappa shape index (κ1) is 9.39. The molecule has 1 rings (SSSR count). The van der Waals surface area contributed by atoms with Crippen molar-refractivity contribution in [1.82, 2.24) is 10.2 Å². The lowest BCUT2D eigenvalue weighted by Gasteiger charge is -2.41. The van der Waals surface area contributed by atoms with Crippen LogP contribution < -0.4 is 5.32 Å². The highest BCUT2D eigenvalue weighted by atomic mass is 16.5. The average Bonchev–Trinajstić information content (AvgIpc) is 2.03. The maximum absolute atomic E-state index is 5.41. The Morgan fingerprint density at radius 2 is 1.92 bits per heavy atom. The Morgan fingerprint density at radius 1 is 1.42 bits per heavy atom. The Morgan fingerprint density at radius 3 is 2.33 bits per heavy atom. The maximum atomic E-state index is 5.41. The van der Waals surface area contributed by atoms with E-state index in [0.29, 0.717) is 12.1 Å². The molecule has 70 valence electrons. The van der Waals surface area contributed by atoms with E-state index in [9.17, 15) is 0 Å². The summed E-state index contributed by atoms with van der Waals surface area (Å²) in [5.74, 6) is 0.985. The van der Waals surface area contributed by atoms with Crippen LogP contribution in [0.1, 0.15) is 13.8 Å². The zero-order valence-electron chi connectivity index (χ0n) is 8.13. The number of hydrogen-bond acceptors (Lipinski definition) is 3. The van der Waals surface area contributed by atoms with Crippen molar-refractivity contribution < 1.29 is 4.74 Å². The van der Waals surface area contributed by atoms with Gasteiger partial charge in [-0.2, -0.15) is 0 Å². The third-order valence-electron chi connectivity index (χ3n) is 2.27. The molecule has 0 aromatic carbocycles. The summed E-state index contributed by atoms with van der Waals surface area (Å²) in [4.78, 5) is 2.27. The van der Waals surface area contributed by atoms with Crippen molar-refractivity contribution in [1.29, 1.82) is 0 Å². The van der Waals surface area contributed by atoms with E-state index in [4.69, 9.17) is 4.74 Å². The van der Waals surface area contributed by atoms with Crippen LogP contribution in [0.4, 0.5) is 0 Å². The van der Waals surface area contributed by atoms with Crippen LogP contribution in [0.15, 0.2) is 12.4 Å². The first-order valence-electron chi connectivity index (χ1n) is 4.39. The highest BCUT2D eigenvalue weighted by molar-refractivity contribution is 4.96. The number of ether oxygens (including phenoxy) is 1. The van der Waals surface area contributed by atoms with Gasteiger partial charge in [0.1, 0.15) is 0 Å². The fraction of sp³-hybridized carbons (Fsp3) is 0.778. The minimum absolute atomic E-state index is 0.425. The molecular weight excluding hydrogens is 152 g/mol. The normalized spacial score (nSPS) is 30.1. The molecule has 0 bridgehead atoms. The summed E-state index contributed by atoms with van der Waals surface area (Å²) < 4.78 is 5.41. The Labute approximate surface area is 74.4 Å². The molecule has 0 saturated carbocycles. The minimum atomic E-state index is 0.425. The molecule has 0 aromatic heterocycles. The predicted molar refractivity (Wildman–Crippen MR) is 49.8 cm³/mol. The summed E-state index contributed by atoms with van der Waals surface area (Å²) in [6.45, 7) is 9.85. The van der Waals surface area contributed by atoms with E-state index in [1.54, 1.807) is 0 Å². The fourth-order valence-corrected chi connectivity index (χ4v) is 1.67. The van der Waals surface area contributed by atoms with Gasteiger partial charge in [0, 0.05) is 7.05 Å². The van der Waals surface area contributed by atoms with Crippen molar-refractivity contribution in [3.63, 3.8) is 0 Å². The van der Waals surface area contributed by atoms with Crippen LogP contribution in [0.25, 0.3) is 0 Å². The molecule has 0 aromatic rings. The van der Waals surface area contributed by atoms with Gasteiger partial charge < -0.3 is 15.0 Å². The van der Waals surface area contributed by atoms with E-state index in [1.807, 2.05) is 7.05 Å². The summed E-state index contributed by atoms with van der Waals surface area (Å²) in [7, 11) is 1.90. The Balaban J connectivity index is 2.62. The summed E-state index contributed by atoms with van der Waals surface area (Å²) in [5.41, 5.74) is 0. The number of nitrogens with one attached hydrogen (secondary N) is 1.